The van der Waals surface area contributed by atoms with Crippen LogP contribution in [0.15, 0.2) is 60.7 Å². The molecule has 0 saturated carbocycles. The molecule has 3 rings (SSSR count). The van der Waals surface area contributed by atoms with Crippen LogP contribution in [0.4, 0.5) is 4.79 Å². The van der Waals surface area contributed by atoms with Crippen LogP contribution in [0.5, 0.6) is 0 Å². The molecule has 1 amide bonds. The summed E-state index contributed by atoms with van der Waals surface area (Å²) in [6.45, 7) is 5.29. The van der Waals surface area contributed by atoms with Crippen LogP contribution in [0.25, 0.3) is 0 Å². The van der Waals surface area contributed by atoms with E-state index in [4.69, 9.17) is 14.2 Å². The molecule has 0 bridgehead atoms. The summed E-state index contributed by atoms with van der Waals surface area (Å²) in [5, 5.41) is 10.1. The lowest BCUT2D eigenvalue weighted by Crippen LogP contribution is -2.50. The Labute approximate surface area is 188 Å². The summed E-state index contributed by atoms with van der Waals surface area (Å²) in [5.74, 6) is -0.552. The first kappa shape index (κ1) is 23.8. The number of carbonyl (C=O) groups excluding carboxylic acids is 2. The van der Waals surface area contributed by atoms with Crippen molar-refractivity contribution >= 4 is 12.1 Å². The van der Waals surface area contributed by atoms with E-state index in [1.807, 2.05) is 60.7 Å². The first-order valence-electron chi connectivity index (χ1n) is 10.8. The average Bonchev–Trinajstić information content (AvgIpc) is 3.15. The Morgan fingerprint density at radius 2 is 1.53 bits per heavy atom. The van der Waals surface area contributed by atoms with Gasteiger partial charge in [0, 0.05) is 6.42 Å². The van der Waals surface area contributed by atoms with Crippen LogP contribution >= 0.6 is 0 Å². The fourth-order valence-electron chi connectivity index (χ4n) is 3.68. The van der Waals surface area contributed by atoms with Crippen molar-refractivity contribution in [2.45, 2.75) is 64.2 Å². The topological polar surface area (TPSA) is 85.3 Å². The average molecular weight is 442 g/mol. The van der Waals surface area contributed by atoms with E-state index in [1.165, 1.54) is 4.90 Å². The maximum Gasteiger partial charge on any atom is 0.411 e. The van der Waals surface area contributed by atoms with E-state index in [0.29, 0.717) is 6.61 Å². The minimum absolute atomic E-state index is 0.0949. The van der Waals surface area contributed by atoms with Gasteiger partial charge in [-0.25, -0.2) is 9.59 Å². The van der Waals surface area contributed by atoms with Crippen molar-refractivity contribution in [3.8, 4) is 0 Å². The number of aliphatic hydroxyl groups excluding tert-OH is 1. The minimum Gasteiger partial charge on any atom is -0.459 e. The number of aliphatic hydroxyl groups is 1. The highest BCUT2D eigenvalue weighted by molar-refractivity contribution is 5.83. The van der Waals surface area contributed by atoms with Crippen molar-refractivity contribution in [3.05, 3.63) is 71.8 Å². The van der Waals surface area contributed by atoms with Gasteiger partial charge in [-0.15, -0.1) is 0 Å². The number of carbonyl (C=O) groups is 2. The van der Waals surface area contributed by atoms with Gasteiger partial charge in [-0.1, -0.05) is 60.7 Å². The van der Waals surface area contributed by atoms with E-state index in [9.17, 15) is 14.7 Å². The standard InChI is InChI=1S/C25H31NO6/c1-25(2,3)32-24(29)26-20(23(28)31-17-19-12-8-5-9-13-19)14-22(21(26)15-27)30-16-18-10-6-4-7-11-18/h4-13,20-22,27H,14-17H2,1-3H3/t20-,21-,22-/m0/s1. The van der Waals surface area contributed by atoms with E-state index in [-0.39, 0.29) is 19.6 Å². The third-order valence-corrected chi connectivity index (χ3v) is 5.17. The Morgan fingerprint density at radius 1 is 0.969 bits per heavy atom. The summed E-state index contributed by atoms with van der Waals surface area (Å²) in [6, 6.07) is 17.3. The summed E-state index contributed by atoms with van der Waals surface area (Å²) in [6.07, 6.45) is -1.00. The summed E-state index contributed by atoms with van der Waals surface area (Å²) in [5.41, 5.74) is 1.06. The SMILES string of the molecule is CC(C)(C)OC(=O)N1[C@H](C(=O)OCc2ccccc2)C[C@H](OCc2ccccc2)[C@@H]1CO. The molecule has 3 atom stereocenters. The van der Waals surface area contributed by atoms with Crippen LogP contribution in [0.1, 0.15) is 38.3 Å². The van der Waals surface area contributed by atoms with E-state index in [1.54, 1.807) is 20.8 Å². The second-order valence-electron chi connectivity index (χ2n) is 8.82. The van der Waals surface area contributed by atoms with Gasteiger partial charge in [0.15, 0.2) is 0 Å². The zero-order valence-electron chi connectivity index (χ0n) is 18.8. The van der Waals surface area contributed by atoms with Gasteiger partial charge in [-0.05, 0) is 31.9 Å². The molecule has 2 aromatic rings. The van der Waals surface area contributed by atoms with Crippen LogP contribution in [0.2, 0.25) is 0 Å². The van der Waals surface area contributed by atoms with Gasteiger partial charge < -0.3 is 19.3 Å². The summed E-state index contributed by atoms with van der Waals surface area (Å²) in [4.78, 5) is 27.2. The number of esters is 1. The molecule has 7 heteroatoms. The highest BCUT2D eigenvalue weighted by Gasteiger charge is 2.49. The lowest BCUT2D eigenvalue weighted by atomic mass is 10.1. The van der Waals surface area contributed by atoms with Gasteiger partial charge in [0.25, 0.3) is 0 Å². The summed E-state index contributed by atoms with van der Waals surface area (Å²) in [7, 11) is 0. The Bertz CT molecular complexity index is 880. The van der Waals surface area contributed by atoms with E-state index >= 15 is 0 Å². The van der Waals surface area contributed by atoms with Crippen molar-refractivity contribution in [2.24, 2.45) is 0 Å². The number of amides is 1. The van der Waals surface area contributed by atoms with Gasteiger partial charge in [-0.2, -0.15) is 0 Å². The molecule has 0 aromatic heterocycles. The molecule has 0 spiro atoms. The number of hydrogen-bond donors (Lipinski definition) is 1. The number of nitrogens with zero attached hydrogens (tertiary/aromatic N) is 1. The molecule has 0 radical (unpaired) electrons. The molecule has 7 nitrogen and oxygen atoms in total. The fraction of sp³-hybridized carbons (Fsp3) is 0.440. The van der Waals surface area contributed by atoms with Crippen LogP contribution in [0, 0.1) is 0 Å². The van der Waals surface area contributed by atoms with Crippen molar-refractivity contribution in [1.82, 2.24) is 4.90 Å². The van der Waals surface area contributed by atoms with E-state index in [0.717, 1.165) is 11.1 Å². The minimum atomic E-state index is -0.911. The van der Waals surface area contributed by atoms with Gasteiger partial charge in [0.1, 0.15) is 18.2 Å². The predicted molar refractivity (Wildman–Crippen MR) is 119 cm³/mol. The molecule has 1 aliphatic rings. The monoisotopic (exact) mass is 441 g/mol. The van der Waals surface area contributed by atoms with Crippen LogP contribution in [0.3, 0.4) is 0 Å². The smallest absolute Gasteiger partial charge is 0.411 e. The molecule has 0 unspecified atom stereocenters. The van der Waals surface area contributed by atoms with E-state index in [2.05, 4.69) is 0 Å². The summed E-state index contributed by atoms with van der Waals surface area (Å²) < 4.78 is 17.1. The Kier molecular flexibility index (Phi) is 7.88. The second kappa shape index (κ2) is 10.6. The Hall–Kier alpha value is -2.90. The highest BCUT2D eigenvalue weighted by Crippen LogP contribution is 2.31. The molecular formula is C25H31NO6. The molecule has 2 aromatic carbocycles. The number of benzene rings is 2. The van der Waals surface area contributed by atoms with E-state index < -0.39 is 35.9 Å². The normalized spacial score (nSPS) is 20.8. The van der Waals surface area contributed by atoms with Crippen molar-refractivity contribution in [2.75, 3.05) is 6.61 Å². The van der Waals surface area contributed by atoms with Gasteiger partial charge >= 0.3 is 12.1 Å². The lowest BCUT2D eigenvalue weighted by Gasteiger charge is -2.31. The zero-order valence-corrected chi connectivity index (χ0v) is 18.8. The van der Waals surface area contributed by atoms with Gasteiger partial charge in [0.05, 0.1) is 25.4 Å². The predicted octanol–water partition coefficient (Wildman–Crippen LogP) is 3.69. The quantitative estimate of drug-likeness (QED) is 0.660. The maximum atomic E-state index is 13.0. The Morgan fingerprint density at radius 3 is 2.06 bits per heavy atom. The molecule has 1 N–H and O–H groups in total. The van der Waals surface area contributed by atoms with Crippen molar-refractivity contribution in [3.63, 3.8) is 0 Å². The first-order chi connectivity index (χ1) is 15.3. The molecular weight excluding hydrogens is 410 g/mol. The highest BCUT2D eigenvalue weighted by atomic mass is 16.6. The fourth-order valence-corrected chi connectivity index (χ4v) is 3.68. The molecule has 1 aliphatic heterocycles. The van der Waals surface area contributed by atoms with Crippen molar-refractivity contribution < 1.29 is 28.9 Å². The molecule has 1 saturated heterocycles. The molecule has 0 aliphatic carbocycles. The van der Waals surface area contributed by atoms with Crippen LogP contribution in [-0.2, 0) is 32.2 Å². The molecule has 32 heavy (non-hydrogen) atoms. The van der Waals surface area contributed by atoms with Gasteiger partial charge in [0.2, 0.25) is 0 Å². The molecule has 172 valence electrons. The number of likely N-dealkylation sites (tertiary alicyclic amines) is 1. The second-order valence-corrected chi connectivity index (χ2v) is 8.82. The zero-order chi connectivity index (χ0) is 23.1. The number of hydrogen-bond acceptors (Lipinski definition) is 6. The first-order valence-corrected chi connectivity index (χ1v) is 10.8. The van der Waals surface area contributed by atoms with Crippen molar-refractivity contribution in [1.29, 1.82) is 0 Å². The third kappa shape index (κ3) is 6.31. The third-order valence-electron chi connectivity index (χ3n) is 5.17. The van der Waals surface area contributed by atoms with Gasteiger partial charge in [-0.3, -0.25) is 4.90 Å². The number of ether oxygens (including phenoxy) is 3. The molecule has 1 fully saturated rings. The lowest BCUT2D eigenvalue weighted by molar-refractivity contribution is -0.150. The largest absolute Gasteiger partial charge is 0.459 e. The number of rotatable bonds is 7. The van der Waals surface area contributed by atoms with Crippen LogP contribution < -0.4 is 0 Å². The Balaban J connectivity index is 1.75. The molecule has 1 heterocycles. The van der Waals surface area contributed by atoms with Crippen LogP contribution in [-0.4, -0.2) is 52.5 Å². The summed E-state index contributed by atoms with van der Waals surface area (Å²) >= 11 is 0. The maximum absolute atomic E-state index is 13.0.